The molecule has 2 amide bonds. The van der Waals surface area contributed by atoms with Crippen LogP contribution in [-0.4, -0.2) is 75.5 Å². The lowest BCUT2D eigenvalue weighted by Crippen LogP contribution is -2.54. The number of hydrogen-bond donors (Lipinski definition) is 8. The summed E-state index contributed by atoms with van der Waals surface area (Å²) in [4.78, 5) is 52.0. The van der Waals surface area contributed by atoms with Gasteiger partial charge in [-0.3, -0.25) is 14.4 Å². The number of aromatic amines is 1. The van der Waals surface area contributed by atoms with Gasteiger partial charge in [0, 0.05) is 47.8 Å². The number of rotatable bonds is 15. The number of hydrogen-bond acceptors (Lipinski definition) is 10. The van der Waals surface area contributed by atoms with Gasteiger partial charge in [-0.2, -0.15) is 0 Å². The summed E-state index contributed by atoms with van der Waals surface area (Å²) in [5.74, 6) is -3.05. The molecule has 14 nitrogen and oxygen atoms in total. The number of amides is 2. The van der Waals surface area contributed by atoms with Crippen molar-refractivity contribution in [1.29, 1.82) is 0 Å². The van der Waals surface area contributed by atoms with Gasteiger partial charge in [0.2, 0.25) is 11.2 Å². The van der Waals surface area contributed by atoms with Crippen molar-refractivity contribution < 1.29 is 48.7 Å². The van der Waals surface area contributed by atoms with Gasteiger partial charge in [-0.1, -0.05) is 48.5 Å². The molecule has 0 aliphatic heterocycles. The summed E-state index contributed by atoms with van der Waals surface area (Å²) in [5.41, 5.74) is -1.67. The molecule has 0 saturated heterocycles. The van der Waals surface area contributed by atoms with Gasteiger partial charge in [-0.05, 0) is 60.4 Å². The molecule has 15 heteroatoms. The number of aromatic nitrogens is 1. The number of halogens is 1. The maximum Gasteiger partial charge on any atom is 0.345 e. The van der Waals surface area contributed by atoms with Crippen molar-refractivity contribution in [1.82, 2.24) is 20.9 Å². The highest BCUT2D eigenvalue weighted by Gasteiger charge is 2.40. The minimum Gasteiger partial charge on any atom is -0.506 e. The smallest absolute Gasteiger partial charge is 0.345 e. The van der Waals surface area contributed by atoms with Gasteiger partial charge in [0.15, 0.2) is 6.61 Å². The third-order valence-electron chi connectivity index (χ3n) is 9.49. The quantitative estimate of drug-likeness (QED) is 0.0777. The Morgan fingerprint density at radius 3 is 2.40 bits per heavy atom. The molecule has 1 aliphatic carbocycles. The fourth-order valence-electron chi connectivity index (χ4n) is 6.54. The van der Waals surface area contributed by atoms with Crippen LogP contribution in [0.3, 0.4) is 0 Å². The number of carboxylic acids is 1. The number of aromatic hydroxyl groups is 1. The summed E-state index contributed by atoms with van der Waals surface area (Å²) in [6, 6.07) is 21.4. The third kappa shape index (κ3) is 8.44. The van der Waals surface area contributed by atoms with Crippen molar-refractivity contribution in [3.8, 4) is 17.2 Å². The summed E-state index contributed by atoms with van der Waals surface area (Å²) in [6.07, 6.45) is -0.250. The number of ether oxygens (including phenoxy) is 2. The molecule has 6 rings (SSSR count). The molecule has 55 heavy (non-hydrogen) atoms. The average Bonchev–Trinajstić information content (AvgIpc) is 3.16. The number of methoxy groups -OCH3 is 1. The summed E-state index contributed by atoms with van der Waals surface area (Å²) in [5, 5.41) is 51.0. The Kier molecular flexibility index (Phi) is 11.4. The third-order valence-corrected chi connectivity index (χ3v) is 9.49. The predicted octanol–water partition coefficient (Wildman–Crippen LogP) is 2.98. The molecule has 4 aromatic carbocycles. The number of phenolic OH excluding ortho intramolecular Hbond substituents is 1. The number of phenols is 1. The Morgan fingerprint density at radius 2 is 1.67 bits per heavy atom. The van der Waals surface area contributed by atoms with E-state index >= 15 is 4.39 Å². The zero-order valence-corrected chi connectivity index (χ0v) is 29.5. The number of carboxylic acid groups (broad SMARTS) is 1. The zero-order valence-electron chi connectivity index (χ0n) is 29.5. The van der Waals surface area contributed by atoms with Crippen LogP contribution in [0.2, 0.25) is 0 Å². The summed E-state index contributed by atoms with van der Waals surface area (Å²) in [6.45, 7) is -0.255. The standard InChI is InChI=1S/C40H39FN4O10/c1-54-34-18-30(31(41)14-22(34)19-42-20-33(47)28-10-12-32(46)37-29(28)11-13-35(48)45-37)38(50)44-26-16-25(17-26)43-36(49)21-55-27-9-5-8-24(15-27)40(53,39(51)52)23-6-3-2-4-7-23/h2-15,18,25-26,33,42,46-47,53H,16-17,19-21H2,1H3,(H,43,49)(H,44,50)(H,45,48)(H,51,52)/t25?,26?,33-,40-/m0/s1. The number of aliphatic carboxylic acids is 1. The molecule has 0 spiro atoms. The summed E-state index contributed by atoms with van der Waals surface area (Å²) >= 11 is 0. The molecule has 8 N–H and O–H groups in total. The van der Waals surface area contributed by atoms with Crippen LogP contribution < -0.4 is 31.0 Å². The molecule has 1 aromatic heterocycles. The van der Waals surface area contributed by atoms with Crippen LogP contribution >= 0.6 is 0 Å². The van der Waals surface area contributed by atoms with Gasteiger partial charge < -0.3 is 50.8 Å². The second kappa shape index (κ2) is 16.4. The first-order valence-corrected chi connectivity index (χ1v) is 17.3. The van der Waals surface area contributed by atoms with Crippen LogP contribution in [0, 0.1) is 5.82 Å². The largest absolute Gasteiger partial charge is 0.506 e. The minimum atomic E-state index is -2.33. The Bertz CT molecular complexity index is 2280. The molecule has 1 fully saturated rings. The highest BCUT2D eigenvalue weighted by Crippen LogP contribution is 2.33. The number of fused-ring (bicyclic) bond motifs is 1. The highest BCUT2D eigenvalue weighted by atomic mass is 19.1. The van der Waals surface area contributed by atoms with Crippen molar-refractivity contribution in [3.05, 3.63) is 135 Å². The van der Waals surface area contributed by atoms with E-state index in [2.05, 4.69) is 20.9 Å². The van der Waals surface area contributed by atoms with Crippen molar-refractivity contribution >= 4 is 28.7 Å². The normalized spacial score (nSPS) is 16.7. The van der Waals surface area contributed by atoms with Crippen LogP contribution in [0.1, 0.15) is 51.6 Å². The second-order valence-corrected chi connectivity index (χ2v) is 13.2. The maximum atomic E-state index is 15.2. The van der Waals surface area contributed by atoms with Crippen molar-refractivity contribution in [2.45, 2.75) is 43.2 Å². The van der Waals surface area contributed by atoms with Crippen molar-refractivity contribution in [3.63, 3.8) is 0 Å². The van der Waals surface area contributed by atoms with E-state index in [1.54, 1.807) is 24.3 Å². The zero-order chi connectivity index (χ0) is 39.3. The SMILES string of the molecule is COc1cc(C(=O)NC2CC(NC(=O)COc3cccc([C@](O)(C(=O)O)c4ccccc4)c3)C2)c(F)cc1CNC[C@H](O)c1ccc(O)c2[nH]c(=O)ccc12. The summed E-state index contributed by atoms with van der Waals surface area (Å²) < 4.78 is 26.2. The van der Waals surface area contributed by atoms with E-state index in [0.29, 0.717) is 29.4 Å². The van der Waals surface area contributed by atoms with Gasteiger partial charge in [0.05, 0.1) is 24.3 Å². The molecular weight excluding hydrogens is 715 g/mol. The van der Waals surface area contributed by atoms with E-state index in [9.17, 15) is 39.6 Å². The molecular formula is C40H39FN4O10. The number of pyridine rings is 1. The van der Waals surface area contributed by atoms with Crippen LogP contribution in [-0.2, 0) is 21.7 Å². The Morgan fingerprint density at radius 1 is 0.945 bits per heavy atom. The molecule has 1 saturated carbocycles. The summed E-state index contributed by atoms with van der Waals surface area (Å²) in [7, 11) is 1.39. The fourth-order valence-corrected chi connectivity index (χ4v) is 6.54. The molecule has 1 aliphatic rings. The fraction of sp³-hybridized carbons (Fsp3) is 0.250. The van der Waals surface area contributed by atoms with E-state index in [4.69, 9.17) is 9.47 Å². The van der Waals surface area contributed by atoms with Gasteiger partial charge in [0.1, 0.15) is 23.1 Å². The molecule has 5 aromatic rings. The topological polar surface area (TPSA) is 220 Å². The molecule has 286 valence electrons. The molecule has 2 atom stereocenters. The number of aliphatic hydroxyl groups excluding tert-OH is 1. The number of benzene rings is 4. The number of nitrogens with one attached hydrogen (secondary N) is 4. The first-order valence-electron chi connectivity index (χ1n) is 17.3. The van der Waals surface area contributed by atoms with Crippen LogP contribution in [0.4, 0.5) is 4.39 Å². The lowest BCUT2D eigenvalue weighted by atomic mass is 9.86. The first-order chi connectivity index (χ1) is 26.4. The first kappa shape index (κ1) is 38.4. The van der Waals surface area contributed by atoms with E-state index in [1.807, 2.05) is 0 Å². The van der Waals surface area contributed by atoms with E-state index in [-0.39, 0.29) is 71.2 Å². The number of H-pyrrole nitrogens is 1. The molecule has 0 bridgehead atoms. The van der Waals surface area contributed by atoms with E-state index < -0.39 is 40.9 Å². The number of carbonyl (C=O) groups is 3. The predicted molar refractivity (Wildman–Crippen MR) is 197 cm³/mol. The Labute approximate surface area is 313 Å². The van der Waals surface area contributed by atoms with Crippen molar-refractivity contribution in [2.24, 2.45) is 0 Å². The number of carbonyl (C=O) groups excluding carboxylic acids is 2. The lowest BCUT2D eigenvalue weighted by molar-refractivity contribution is -0.155. The van der Waals surface area contributed by atoms with Crippen LogP contribution in [0.5, 0.6) is 17.2 Å². The Hall–Kier alpha value is -6.29. The lowest BCUT2D eigenvalue weighted by Gasteiger charge is -2.36. The van der Waals surface area contributed by atoms with Gasteiger partial charge >= 0.3 is 5.97 Å². The van der Waals surface area contributed by atoms with E-state index in [0.717, 1.165) is 0 Å². The average molecular weight is 755 g/mol. The highest BCUT2D eigenvalue weighted by molar-refractivity contribution is 5.95. The monoisotopic (exact) mass is 754 g/mol. The molecule has 0 unspecified atom stereocenters. The minimum absolute atomic E-state index is 0.0383. The maximum absolute atomic E-state index is 15.2. The van der Waals surface area contributed by atoms with Gasteiger partial charge in [-0.25, -0.2) is 9.18 Å². The van der Waals surface area contributed by atoms with Gasteiger partial charge in [-0.15, -0.1) is 0 Å². The van der Waals surface area contributed by atoms with Crippen LogP contribution in [0.15, 0.2) is 95.8 Å². The molecule has 1 heterocycles. The molecule has 0 radical (unpaired) electrons. The number of aliphatic hydroxyl groups is 2. The van der Waals surface area contributed by atoms with Crippen molar-refractivity contribution in [2.75, 3.05) is 20.3 Å². The Balaban J connectivity index is 0.975. The second-order valence-electron chi connectivity index (χ2n) is 13.2. The van der Waals surface area contributed by atoms with Crippen LogP contribution in [0.25, 0.3) is 10.9 Å². The van der Waals surface area contributed by atoms with Gasteiger partial charge in [0.25, 0.3) is 11.8 Å². The van der Waals surface area contributed by atoms with E-state index in [1.165, 1.54) is 73.8 Å².